The lowest BCUT2D eigenvalue weighted by Crippen LogP contribution is -2.50. The molecule has 3 rings (SSSR count). The van der Waals surface area contributed by atoms with E-state index in [0.717, 1.165) is 12.8 Å². The maximum atomic E-state index is 13.0. The van der Waals surface area contributed by atoms with Crippen molar-refractivity contribution < 1.29 is 24.2 Å². The van der Waals surface area contributed by atoms with Gasteiger partial charge in [-0.2, -0.15) is 0 Å². The SMILES string of the molecule is Cc1cc(Cl)c(NC(=O)C2CCCCN2C(=O)c2ccccc2)cc1OCC(=O)O. The molecule has 0 radical (unpaired) electrons. The van der Waals surface area contributed by atoms with Gasteiger partial charge < -0.3 is 20.1 Å². The van der Waals surface area contributed by atoms with E-state index in [2.05, 4.69) is 5.32 Å². The Bertz CT molecular complexity index is 948. The standard InChI is InChI=1S/C22H23ClN2O5/c1-14-11-16(23)17(12-19(14)30-13-20(26)27)24-21(28)18-9-5-6-10-25(18)22(29)15-7-3-2-4-8-15/h2-4,7-8,11-12,18H,5-6,9-10,13H2,1H3,(H,24,28)(H,26,27). The molecule has 1 aliphatic rings. The summed E-state index contributed by atoms with van der Waals surface area (Å²) in [4.78, 5) is 38.3. The minimum Gasteiger partial charge on any atom is -0.482 e. The Kier molecular flexibility index (Phi) is 6.95. The van der Waals surface area contributed by atoms with E-state index in [1.807, 2.05) is 6.07 Å². The number of hydrogen-bond acceptors (Lipinski definition) is 4. The number of anilines is 1. The van der Waals surface area contributed by atoms with Gasteiger partial charge in [-0.3, -0.25) is 9.59 Å². The summed E-state index contributed by atoms with van der Waals surface area (Å²) < 4.78 is 5.26. The summed E-state index contributed by atoms with van der Waals surface area (Å²) in [6.07, 6.45) is 2.22. The van der Waals surface area contributed by atoms with Gasteiger partial charge in [0.25, 0.3) is 5.91 Å². The lowest BCUT2D eigenvalue weighted by molar-refractivity contribution is -0.139. The highest BCUT2D eigenvalue weighted by Crippen LogP contribution is 2.31. The summed E-state index contributed by atoms with van der Waals surface area (Å²) in [7, 11) is 0. The minimum absolute atomic E-state index is 0.184. The second kappa shape index (κ2) is 9.63. The molecule has 8 heteroatoms. The molecule has 1 aliphatic heterocycles. The fourth-order valence-electron chi connectivity index (χ4n) is 3.45. The predicted molar refractivity (Wildman–Crippen MR) is 113 cm³/mol. The van der Waals surface area contributed by atoms with Crippen molar-refractivity contribution in [1.29, 1.82) is 0 Å². The Balaban J connectivity index is 1.79. The molecule has 1 saturated heterocycles. The number of aliphatic carboxylic acids is 1. The molecule has 0 spiro atoms. The number of hydrogen-bond donors (Lipinski definition) is 2. The van der Waals surface area contributed by atoms with Crippen LogP contribution in [0.4, 0.5) is 5.69 Å². The zero-order valence-corrected chi connectivity index (χ0v) is 17.3. The van der Waals surface area contributed by atoms with Crippen molar-refractivity contribution >= 4 is 35.1 Å². The molecule has 1 unspecified atom stereocenters. The van der Waals surface area contributed by atoms with Crippen LogP contribution in [0, 0.1) is 6.92 Å². The van der Waals surface area contributed by atoms with Crippen LogP contribution in [0.15, 0.2) is 42.5 Å². The Hall–Kier alpha value is -3.06. The molecule has 158 valence electrons. The maximum Gasteiger partial charge on any atom is 0.341 e. The molecule has 7 nitrogen and oxygen atoms in total. The van der Waals surface area contributed by atoms with Crippen LogP contribution in [0.1, 0.15) is 35.2 Å². The highest BCUT2D eigenvalue weighted by Gasteiger charge is 2.33. The van der Waals surface area contributed by atoms with E-state index in [4.69, 9.17) is 21.4 Å². The number of carboxylic acid groups (broad SMARTS) is 1. The fourth-order valence-corrected chi connectivity index (χ4v) is 3.72. The minimum atomic E-state index is -1.10. The van der Waals surface area contributed by atoms with E-state index < -0.39 is 18.6 Å². The van der Waals surface area contributed by atoms with Gasteiger partial charge in [0.1, 0.15) is 11.8 Å². The molecular weight excluding hydrogens is 408 g/mol. The molecular formula is C22H23ClN2O5. The first-order valence-corrected chi connectivity index (χ1v) is 10.1. The van der Waals surface area contributed by atoms with Crippen molar-refractivity contribution in [3.05, 3.63) is 58.6 Å². The summed E-state index contributed by atoms with van der Waals surface area (Å²) in [6, 6.07) is 11.4. The van der Waals surface area contributed by atoms with E-state index >= 15 is 0 Å². The molecule has 2 aromatic carbocycles. The van der Waals surface area contributed by atoms with Crippen LogP contribution in [0.3, 0.4) is 0 Å². The van der Waals surface area contributed by atoms with E-state index in [-0.39, 0.29) is 11.8 Å². The van der Waals surface area contributed by atoms with Crippen LogP contribution >= 0.6 is 11.6 Å². The number of carboxylic acids is 1. The van der Waals surface area contributed by atoms with Crippen molar-refractivity contribution in [1.82, 2.24) is 4.90 Å². The lowest BCUT2D eigenvalue weighted by atomic mass is 9.99. The van der Waals surface area contributed by atoms with Crippen LogP contribution in [-0.2, 0) is 9.59 Å². The maximum absolute atomic E-state index is 13.0. The Morgan fingerprint density at radius 3 is 2.63 bits per heavy atom. The molecule has 0 aromatic heterocycles. The number of halogens is 1. The topological polar surface area (TPSA) is 95.9 Å². The first-order chi connectivity index (χ1) is 14.4. The molecule has 30 heavy (non-hydrogen) atoms. The van der Waals surface area contributed by atoms with Gasteiger partial charge in [0.05, 0.1) is 10.7 Å². The number of carbonyl (C=O) groups excluding carboxylic acids is 2. The summed E-state index contributed by atoms with van der Waals surface area (Å²) in [5, 5.41) is 11.9. The average molecular weight is 431 g/mol. The number of nitrogens with one attached hydrogen (secondary N) is 1. The van der Waals surface area contributed by atoms with E-state index in [1.165, 1.54) is 6.07 Å². The molecule has 0 saturated carbocycles. The lowest BCUT2D eigenvalue weighted by Gasteiger charge is -2.35. The highest BCUT2D eigenvalue weighted by molar-refractivity contribution is 6.34. The first kappa shape index (κ1) is 21.6. The summed E-state index contributed by atoms with van der Waals surface area (Å²) in [6.45, 7) is 1.73. The average Bonchev–Trinajstić information content (AvgIpc) is 2.74. The molecule has 0 aliphatic carbocycles. The fraction of sp³-hybridized carbons (Fsp3) is 0.318. The number of rotatable bonds is 6. The molecule has 2 aromatic rings. The number of nitrogens with zero attached hydrogens (tertiary/aromatic N) is 1. The van der Waals surface area contributed by atoms with Crippen LogP contribution in [0.5, 0.6) is 5.75 Å². The largest absolute Gasteiger partial charge is 0.482 e. The Labute approximate surface area is 179 Å². The number of amides is 2. The third kappa shape index (κ3) is 5.10. The van der Waals surface area contributed by atoms with Crippen LogP contribution in [0.25, 0.3) is 0 Å². The molecule has 2 N–H and O–H groups in total. The van der Waals surface area contributed by atoms with Gasteiger partial charge in [-0.05, 0) is 49.9 Å². The zero-order chi connectivity index (χ0) is 21.7. The summed E-state index contributed by atoms with van der Waals surface area (Å²) >= 11 is 6.27. The van der Waals surface area contributed by atoms with E-state index in [0.29, 0.717) is 40.6 Å². The van der Waals surface area contributed by atoms with Gasteiger partial charge in [-0.1, -0.05) is 29.8 Å². The number of aryl methyl sites for hydroxylation is 1. The van der Waals surface area contributed by atoms with Crippen molar-refractivity contribution in [2.45, 2.75) is 32.2 Å². The Morgan fingerprint density at radius 1 is 1.20 bits per heavy atom. The van der Waals surface area contributed by atoms with Gasteiger partial charge in [-0.25, -0.2) is 4.79 Å². The number of carbonyl (C=O) groups is 3. The van der Waals surface area contributed by atoms with Crippen LogP contribution < -0.4 is 10.1 Å². The van der Waals surface area contributed by atoms with Crippen molar-refractivity contribution in [3.8, 4) is 5.75 Å². The number of likely N-dealkylation sites (tertiary alicyclic amines) is 1. The predicted octanol–water partition coefficient (Wildman–Crippen LogP) is 3.75. The van der Waals surface area contributed by atoms with Crippen LogP contribution in [-0.4, -0.2) is 47.0 Å². The summed E-state index contributed by atoms with van der Waals surface area (Å²) in [5.41, 5.74) is 1.50. The number of ether oxygens (including phenoxy) is 1. The van der Waals surface area contributed by atoms with Gasteiger partial charge in [-0.15, -0.1) is 0 Å². The van der Waals surface area contributed by atoms with E-state index in [9.17, 15) is 14.4 Å². The Morgan fingerprint density at radius 2 is 1.93 bits per heavy atom. The summed E-state index contributed by atoms with van der Waals surface area (Å²) in [5.74, 6) is -1.31. The number of benzene rings is 2. The molecule has 0 bridgehead atoms. The monoisotopic (exact) mass is 430 g/mol. The van der Waals surface area contributed by atoms with Crippen molar-refractivity contribution in [2.24, 2.45) is 0 Å². The third-order valence-electron chi connectivity index (χ3n) is 4.96. The first-order valence-electron chi connectivity index (χ1n) is 9.68. The zero-order valence-electron chi connectivity index (χ0n) is 16.6. The third-order valence-corrected chi connectivity index (χ3v) is 5.27. The molecule has 1 fully saturated rings. The second-order valence-electron chi connectivity index (χ2n) is 7.15. The molecule has 1 atom stereocenters. The number of piperidine rings is 1. The quantitative estimate of drug-likeness (QED) is 0.727. The highest BCUT2D eigenvalue weighted by atomic mass is 35.5. The van der Waals surface area contributed by atoms with Crippen molar-refractivity contribution in [2.75, 3.05) is 18.5 Å². The normalized spacial score (nSPS) is 16.1. The molecule has 2 amide bonds. The second-order valence-corrected chi connectivity index (χ2v) is 7.55. The smallest absolute Gasteiger partial charge is 0.341 e. The van der Waals surface area contributed by atoms with Gasteiger partial charge in [0.15, 0.2) is 6.61 Å². The van der Waals surface area contributed by atoms with E-state index in [1.54, 1.807) is 42.2 Å². The molecule has 1 heterocycles. The van der Waals surface area contributed by atoms with Crippen LogP contribution in [0.2, 0.25) is 5.02 Å². The van der Waals surface area contributed by atoms with Crippen molar-refractivity contribution in [3.63, 3.8) is 0 Å². The van der Waals surface area contributed by atoms with Gasteiger partial charge in [0.2, 0.25) is 5.91 Å². The van der Waals surface area contributed by atoms with Gasteiger partial charge >= 0.3 is 5.97 Å². The van der Waals surface area contributed by atoms with Gasteiger partial charge in [0, 0.05) is 18.2 Å².